The van der Waals surface area contributed by atoms with Crippen LogP contribution >= 0.6 is 0 Å². The molecule has 0 aliphatic carbocycles. The number of aryl methyl sites for hydroxylation is 1. The van der Waals surface area contributed by atoms with Gasteiger partial charge in [-0.2, -0.15) is 18.4 Å². The van der Waals surface area contributed by atoms with Crippen LogP contribution in [0.25, 0.3) is 0 Å². The average molecular weight is 380 g/mol. The molecular weight excluding hydrogens is 361 g/mol. The van der Waals surface area contributed by atoms with E-state index >= 15 is 0 Å². The van der Waals surface area contributed by atoms with E-state index < -0.39 is 18.5 Å². The molecule has 0 atom stereocenters. The van der Waals surface area contributed by atoms with Crippen molar-refractivity contribution in [1.29, 1.82) is 5.26 Å². The Balaban J connectivity index is 2.17. The van der Waals surface area contributed by atoms with E-state index in [1.54, 1.807) is 6.92 Å². The maximum atomic E-state index is 12.7. The van der Waals surface area contributed by atoms with Crippen molar-refractivity contribution < 1.29 is 27.4 Å². The van der Waals surface area contributed by atoms with Gasteiger partial charge < -0.3 is 14.0 Å². The van der Waals surface area contributed by atoms with Gasteiger partial charge in [-0.1, -0.05) is 0 Å². The summed E-state index contributed by atoms with van der Waals surface area (Å²) < 4.78 is 50.0. The van der Waals surface area contributed by atoms with Crippen LogP contribution in [0.4, 0.5) is 13.2 Å². The summed E-state index contributed by atoms with van der Waals surface area (Å²) in [5, 5.41) is 8.94. The fraction of sp³-hybridized carbons (Fsp3) is 0.368. The Morgan fingerprint density at radius 2 is 1.89 bits per heavy atom. The lowest BCUT2D eigenvalue weighted by Crippen LogP contribution is -2.20. The third-order valence-electron chi connectivity index (χ3n) is 3.94. The van der Waals surface area contributed by atoms with Crippen molar-refractivity contribution in [2.45, 2.75) is 33.5 Å². The summed E-state index contributed by atoms with van der Waals surface area (Å²) in [5.74, 6) is 0.170. The molecule has 0 saturated heterocycles. The molecule has 0 aliphatic rings. The SMILES string of the molecule is CCOc1cc(C#N)ccc1OCC(=O)c1cc(C)n(CC(F)(F)F)c1C. The Kier molecular flexibility index (Phi) is 6.16. The van der Waals surface area contributed by atoms with Gasteiger partial charge in [0.1, 0.15) is 6.54 Å². The van der Waals surface area contributed by atoms with E-state index in [9.17, 15) is 18.0 Å². The van der Waals surface area contributed by atoms with E-state index in [1.165, 1.54) is 38.1 Å². The highest BCUT2D eigenvalue weighted by atomic mass is 19.4. The normalized spacial score (nSPS) is 11.1. The zero-order valence-corrected chi connectivity index (χ0v) is 15.2. The van der Waals surface area contributed by atoms with Crippen molar-refractivity contribution in [3.8, 4) is 17.6 Å². The molecular formula is C19H19F3N2O3. The number of ether oxygens (including phenoxy) is 2. The minimum atomic E-state index is -4.37. The van der Waals surface area contributed by atoms with Crippen LogP contribution in [0.1, 0.15) is 34.2 Å². The second-order valence-electron chi connectivity index (χ2n) is 5.90. The number of nitrogens with zero attached hydrogens (tertiary/aromatic N) is 2. The number of carbonyl (C=O) groups is 1. The lowest BCUT2D eigenvalue weighted by molar-refractivity contribution is -0.141. The fourth-order valence-corrected chi connectivity index (χ4v) is 2.69. The van der Waals surface area contributed by atoms with E-state index in [0.29, 0.717) is 23.6 Å². The molecule has 0 fully saturated rings. The first-order valence-corrected chi connectivity index (χ1v) is 8.22. The molecule has 5 nitrogen and oxygen atoms in total. The van der Waals surface area contributed by atoms with Crippen molar-refractivity contribution >= 4 is 5.78 Å². The molecule has 27 heavy (non-hydrogen) atoms. The number of hydrogen-bond acceptors (Lipinski definition) is 4. The zero-order chi connectivity index (χ0) is 20.2. The van der Waals surface area contributed by atoms with Crippen LogP contribution in [-0.2, 0) is 6.54 Å². The first kappa shape index (κ1) is 20.4. The Morgan fingerprint density at radius 3 is 2.48 bits per heavy atom. The van der Waals surface area contributed by atoms with Gasteiger partial charge in [0.2, 0.25) is 5.78 Å². The summed E-state index contributed by atoms with van der Waals surface area (Å²) in [4.78, 5) is 12.4. The smallest absolute Gasteiger partial charge is 0.406 e. The van der Waals surface area contributed by atoms with E-state index in [-0.39, 0.29) is 23.6 Å². The molecule has 2 aromatic rings. The summed E-state index contributed by atoms with van der Waals surface area (Å²) in [6.07, 6.45) is -4.37. The molecule has 1 heterocycles. The predicted octanol–water partition coefficient (Wildman–Crippen LogP) is 4.20. The second kappa shape index (κ2) is 8.16. The summed E-state index contributed by atoms with van der Waals surface area (Å²) in [5.41, 5.74) is 1.15. The van der Waals surface area contributed by atoms with Gasteiger partial charge in [-0.25, -0.2) is 0 Å². The molecule has 0 N–H and O–H groups in total. The van der Waals surface area contributed by atoms with Gasteiger partial charge in [-0.05, 0) is 39.0 Å². The number of nitriles is 1. The monoisotopic (exact) mass is 380 g/mol. The van der Waals surface area contributed by atoms with Crippen LogP contribution in [0.5, 0.6) is 11.5 Å². The minimum Gasteiger partial charge on any atom is -0.490 e. The van der Waals surface area contributed by atoms with Gasteiger partial charge in [-0.15, -0.1) is 0 Å². The zero-order valence-electron chi connectivity index (χ0n) is 15.2. The third kappa shape index (κ3) is 5.03. The molecule has 0 amide bonds. The summed E-state index contributed by atoms with van der Waals surface area (Å²) >= 11 is 0. The molecule has 0 aliphatic heterocycles. The average Bonchev–Trinajstić information content (AvgIpc) is 2.87. The van der Waals surface area contributed by atoms with Crippen molar-refractivity contribution in [2.75, 3.05) is 13.2 Å². The number of hydrogen-bond donors (Lipinski definition) is 0. The molecule has 1 aromatic heterocycles. The number of rotatable bonds is 7. The molecule has 8 heteroatoms. The number of aromatic nitrogens is 1. The van der Waals surface area contributed by atoms with Crippen molar-refractivity contribution in [3.63, 3.8) is 0 Å². The van der Waals surface area contributed by atoms with Crippen molar-refractivity contribution in [3.05, 3.63) is 46.8 Å². The van der Waals surface area contributed by atoms with Crippen molar-refractivity contribution in [1.82, 2.24) is 4.57 Å². The topological polar surface area (TPSA) is 64.2 Å². The number of Topliss-reactive ketones (excluding diaryl/α,β-unsaturated/α-hetero) is 1. The van der Waals surface area contributed by atoms with Crippen LogP contribution in [0, 0.1) is 25.2 Å². The maximum Gasteiger partial charge on any atom is 0.406 e. The Labute approximate surface area is 154 Å². The largest absolute Gasteiger partial charge is 0.490 e. The highest BCUT2D eigenvalue weighted by Gasteiger charge is 2.30. The van der Waals surface area contributed by atoms with Gasteiger partial charge in [0.05, 0.1) is 18.2 Å². The van der Waals surface area contributed by atoms with Crippen LogP contribution in [-0.4, -0.2) is 29.7 Å². The quantitative estimate of drug-likeness (QED) is 0.676. The molecule has 0 unspecified atom stereocenters. The molecule has 0 spiro atoms. The highest BCUT2D eigenvalue weighted by Crippen LogP contribution is 2.29. The molecule has 2 rings (SSSR count). The molecule has 0 saturated carbocycles. The number of halogens is 3. The summed E-state index contributed by atoms with van der Waals surface area (Å²) in [7, 11) is 0. The van der Waals surface area contributed by atoms with Crippen LogP contribution < -0.4 is 9.47 Å². The molecule has 0 bridgehead atoms. The van der Waals surface area contributed by atoms with Gasteiger partial charge in [0.15, 0.2) is 18.1 Å². The molecule has 0 radical (unpaired) electrons. The van der Waals surface area contributed by atoms with Gasteiger partial charge in [0.25, 0.3) is 0 Å². The lowest BCUT2D eigenvalue weighted by atomic mass is 10.1. The van der Waals surface area contributed by atoms with E-state index in [4.69, 9.17) is 14.7 Å². The maximum absolute atomic E-state index is 12.7. The van der Waals surface area contributed by atoms with Gasteiger partial charge in [-0.3, -0.25) is 4.79 Å². The van der Waals surface area contributed by atoms with E-state index in [2.05, 4.69) is 0 Å². The minimum absolute atomic E-state index is 0.184. The first-order valence-electron chi connectivity index (χ1n) is 8.22. The van der Waals surface area contributed by atoms with Crippen LogP contribution in [0.2, 0.25) is 0 Å². The summed E-state index contributed by atoms with van der Waals surface area (Å²) in [6, 6.07) is 7.95. The Morgan fingerprint density at radius 1 is 1.19 bits per heavy atom. The highest BCUT2D eigenvalue weighted by molar-refractivity contribution is 5.98. The lowest BCUT2D eigenvalue weighted by Gasteiger charge is -2.13. The molecule has 144 valence electrons. The molecule has 1 aromatic carbocycles. The van der Waals surface area contributed by atoms with Gasteiger partial charge >= 0.3 is 6.18 Å². The standard InChI is InChI=1S/C19H19F3N2O3/c1-4-26-18-8-14(9-23)5-6-17(18)27-10-16(25)15-7-12(2)24(13(15)3)11-19(20,21)22/h5-8H,4,10-11H2,1-3H3. The number of ketones is 1. The summed E-state index contributed by atoms with van der Waals surface area (Å²) in [6.45, 7) is 3.59. The van der Waals surface area contributed by atoms with Crippen molar-refractivity contribution in [2.24, 2.45) is 0 Å². The van der Waals surface area contributed by atoms with E-state index in [0.717, 1.165) is 4.57 Å². The van der Waals surface area contributed by atoms with Crippen LogP contribution in [0.15, 0.2) is 24.3 Å². The van der Waals surface area contributed by atoms with Crippen LogP contribution in [0.3, 0.4) is 0 Å². The number of carbonyl (C=O) groups excluding carboxylic acids is 1. The Hall–Kier alpha value is -2.95. The predicted molar refractivity (Wildman–Crippen MR) is 92.1 cm³/mol. The fourth-order valence-electron chi connectivity index (χ4n) is 2.69. The third-order valence-corrected chi connectivity index (χ3v) is 3.94. The number of benzene rings is 1. The second-order valence-corrected chi connectivity index (χ2v) is 5.90. The number of alkyl halides is 3. The van der Waals surface area contributed by atoms with E-state index in [1.807, 2.05) is 6.07 Å². The first-order chi connectivity index (χ1) is 12.7. The van der Waals surface area contributed by atoms with Gasteiger partial charge in [0, 0.05) is 23.0 Å². The Bertz CT molecular complexity index is 880.